The molecule has 0 radical (unpaired) electrons. The fourth-order valence-corrected chi connectivity index (χ4v) is 3.47. The Morgan fingerprint density at radius 3 is 2.77 bits per heavy atom. The minimum absolute atomic E-state index is 0.0415. The fraction of sp³-hybridized carbons (Fsp3) is 0.579. The molecule has 7 heteroatoms. The predicted octanol–water partition coefficient (Wildman–Crippen LogP) is 2.58. The monoisotopic (exact) mass is 357 g/mol. The van der Waals surface area contributed by atoms with Gasteiger partial charge in [-0.3, -0.25) is 4.79 Å². The van der Waals surface area contributed by atoms with Crippen LogP contribution in [0.2, 0.25) is 0 Å². The molecule has 1 unspecified atom stereocenters. The average Bonchev–Trinajstić information content (AvgIpc) is 3.24. The van der Waals surface area contributed by atoms with E-state index >= 15 is 0 Å². The zero-order valence-electron chi connectivity index (χ0n) is 16.2. The van der Waals surface area contributed by atoms with Crippen molar-refractivity contribution in [3.05, 3.63) is 34.9 Å². The van der Waals surface area contributed by atoms with Crippen LogP contribution in [0.15, 0.2) is 10.6 Å². The molecule has 1 amide bonds. The normalized spacial score (nSPS) is 17.0. The van der Waals surface area contributed by atoms with Crippen molar-refractivity contribution >= 4 is 11.7 Å². The van der Waals surface area contributed by atoms with Gasteiger partial charge in [-0.05, 0) is 27.2 Å². The van der Waals surface area contributed by atoms with Gasteiger partial charge in [0, 0.05) is 37.7 Å². The lowest BCUT2D eigenvalue weighted by molar-refractivity contribution is -0.131. The molecule has 1 aliphatic rings. The van der Waals surface area contributed by atoms with Crippen molar-refractivity contribution in [2.24, 2.45) is 0 Å². The van der Waals surface area contributed by atoms with Crippen LogP contribution < -0.4 is 4.90 Å². The molecular formula is C19H27N5O2. The maximum absolute atomic E-state index is 12.2. The van der Waals surface area contributed by atoms with Gasteiger partial charge in [-0.15, -0.1) is 0 Å². The van der Waals surface area contributed by atoms with Crippen molar-refractivity contribution in [3.8, 4) is 0 Å². The number of hydrogen-bond acceptors (Lipinski definition) is 6. The van der Waals surface area contributed by atoms with Crippen LogP contribution >= 0.6 is 0 Å². The maximum atomic E-state index is 12.2. The molecule has 0 spiro atoms. The average molecular weight is 357 g/mol. The number of carbonyl (C=O) groups is 1. The summed E-state index contributed by atoms with van der Waals surface area (Å²) in [6.45, 7) is 11.7. The first kappa shape index (κ1) is 18.4. The van der Waals surface area contributed by atoms with Crippen molar-refractivity contribution < 1.29 is 9.21 Å². The first-order valence-corrected chi connectivity index (χ1v) is 9.16. The van der Waals surface area contributed by atoms with E-state index in [4.69, 9.17) is 4.42 Å². The number of aryl methyl sites for hydroxylation is 3. The lowest BCUT2D eigenvalue weighted by atomic mass is 10.2. The molecule has 1 atom stereocenters. The lowest BCUT2D eigenvalue weighted by Gasteiger charge is -2.27. The number of hydrogen-bond donors (Lipinski definition) is 0. The second-order valence-electron chi connectivity index (χ2n) is 6.91. The molecule has 140 valence electrons. The Morgan fingerprint density at radius 2 is 2.12 bits per heavy atom. The number of amides is 1. The minimum atomic E-state index is 0.0415. The highest BCUT2D eigenvalue weighted by atomic mass is 16.4. The summed E-state index contributed by atoms with van der Waals surface area (Å²) in [5, 5.41) is 0. The number of carbonyl (C=O) groups excluding carboxylic acids is 1. The fourth-order valence-electron chi connectivity index (χ4n) is 3.47. The standard InChI is InChI=1S/C19H27N5O2/c1-6-17-9-20-18(26-17)11-24(15(5)25)16-7-8-23(10-16)19-12(2)13(3)21-14(4)22-19/h9,16H,6-8,10-11H2,1-5H3. The van der Waals surface area contributed by atoms with E-state index in [1.165, 1.54) is 0 Å². The Balaban J connectivity index is 1.76. The van der Waals surface area contributed by atoms with E-state index in [1.54, 1.807) is 13.1 Å². The molecule has 3 heterocycles. The molecule has 0 N–H and O–H groups in total. The largest absolute Gasteiger partial charge is 0.444 e. The molecular weight excluding hydrogens is 330 g/mol. The van der Waals surface area contributed by atoms with Gasteiger partial charge in [0.1, 0.15) is 17.4 Å². The van der Waals surface area contributed by atoms with Crippen LogP contribution in [-0.4, -0.2) is 44.9 Å². The van der Waals surface area contributed by atoms with Crippen LogP contribution in [0.5, 0.6) is 0 Å². The van der Waals surface area contributed by atoms with E-state index < -0.39 is 0 Å². The van der Waals surface area contributed by atoms with E-state index in [2.05, 4.69) is 26.8 Å². The summed E-state index contributed by atoms with van der Waals surface area (Å²) in [5.41, 5.74) is 2.11. The van der Waals surface area contributed by atoms with Crippen LogP contribution in [0.4, 0.5) is 5.82 Å². The summed E-state index contributed by atoms with van der Waals surface area (Å²) in [4.78, 5) is 29.7. The first-order valence-electron chi connectivity index (χ1n) is 9.16. The van der Waals surface area contributed by atoms with Gasteiger partial charge in [-0.2, -0.15) is 0 Å². The molecule has 3 rings (SSSR count). The van der Waals surface area contributed by atoms with Gasteiger partial charge in [-0.1, -0.05) is 6.92 Å². The van der Waals surface area contributed by atoms with Gasteiger partial charge in [-0.25, -0.2) is 15.0 Å². The summed E-state index contributed by atoms with van der Waals surface area (Å²) in [6, 6.07) is 0.124. The zero-order valence-corrected chi connectivity index (χ0v) is 16.2. The molecule has 0 bridgehead atoms. The number of rotatable bonds is 5. The highest BCUT2D eigenvalue weighted by molar-refractivity contribution is 5.73. The Kier molecular flexibility index (Phi) is 5.25. The predicted molar refractivity (Wildman–Crippen MR) is 99.0 cm³/mol. The Bertz CT molecular complexity index is 801. The van der Waals surface area contributed by atoms with E-state index in [0.29, 0.717) is 12.4 Å². The van der Waals surface area contributed by atoms with Crippen LogP contribution in [0, 0.1) is 20.8 Å². The molecule has 0 saturated carbocycles. The molecule has 1 aliphatic heterocycles. The molecule has 7 nitrogen and oxygen atoms in total. The number of oxazole rings is 1. The summed E-state index contributed by atoms with van der Waals surface area (Å²) < 4.78 is 5.70. The number of aromatic nitrogens is 3. The molecule has 26 heavy (non-hydrogen) atoms. The molecule has 2 aromatic heterocycles. The topological polar surface area (TPSA) is 75.4 Å². The number of nitrogens with zero attached hydrogens (tertiary/aromatic N) is 5. The van der Waals surface area contributed by atoms with Gasteiger partial charge in [0.25, 0.3) is 0 Å². The SMILES string of the molecule is CCc1cnc(CN(C(C)=O)C2CCN(c3nc(C)nc(C)c3C)C2)o1. The zero-order chi connectivity index (χ0) is 18.8. The van der Waals surface area contributed by atoms with Gasteiger partial charge < -0.3 is 14.2 Å². The second kappa shape index (κ2) is 7.43. The first-order chi connectivity index (χ1) is 12.4. The van der Waals surface area contributed by atoms with Crippen molar-refractivity contribution in [1.29, 1.82) is 0 Å². The van der Waals surface area contributed by atoms with Crippen LogP contribution in [-0.2, 0) is 17.8 Å². The Hall–Kier alpha value is -2.44. The third-order valence-electron chi connectivity index (χ3n) is 5.04. The van der Waals surface area contributed by atoms with Crippen molar-refractivity contribution in [2.45, 2.75) is 60.0 Å². The van der Waals surface area contributed by atoms with Gasteiger partial charge >= 0.3 is 0 Å². The molecule has 1 fully saturated rings. The van der Waals surface area contributed by atoms with Gasteiger partial charge in [0.05, 0.1) is 18.8 Å². The Labute approximate surface area is 154 Å². The summed E-state index contributed by atoms with van der Waals surface area (Å²) in [7, 11) is 0. The second-order valence-corrected chi connectivity index (χ2v) is 6.91. The van der Waals surface area contributed by atoms with E-state index in [0.717, 1.165) is 54.6 Å². The maximum Gasteiger partial charge on any atom is 0.220 e. The summed E-state index contributed by atoms with van der Waals surface area (Å²) in [5.74, 6) is 3.24. The van der Waals surface area contributed by atoms with Crippen LogP contribution in [0.1, 0.15) is 49.0 Å². The Morgan fingerprint density at radius 1 is 1.35 bits per heavy atom. The van der Waals surface area contributed by atoms with Crippen molar-refractivity contribution in [2.75, 3.05) is 18.0 Å². The number of anilines is 1. The highest BCUT2D eigenvalue weighted by Gasteiger charge is 2.31. The van der Waals surface area contributed by atoms with Gasteiger partial charge in [0.2, 0.25) is 11.8 Å². The molecule has 0 aromatic carbocycles. The lowest BCUT2D eigenvalue weighted by Crippen LogP contribution is -2.40. The molecule has 1 saturated heterocycles. The van der Waals surface area contributed by atoms with Crippen LogP contribution in [0.3, 0.4) is 0 Å². The molecule has 0 aliphatic carbocycles. The summed E-state index contributed by atoms with van der Waals surface area (Å²) in [6.07, 6.45) is 3.45. The smallest absolute Gasteiger partial charge is 0.220 e. The van der Waals surface area contributed by atoms with Gasteiger partial charge in [0.15, 0.2) is 0 Å². The van der Waals surface area contributed by atoms with E-state index in [1.807, 2.05) is 25.7 Å². The third-order valence-corrected chi connectivity index (χ3v) is 5.04. The van der Waals surface area contributed by atoms with E-state index in [9.17, 15) is 4.79 Å². The summed E-state index contributed by atoms with van der Waals surface area (Å²) >= 11 is 0. The van der Waals surface area contributed by atoms with Crippen LogP contribution in [0.25, 0.3) is 0 Å². The highest BCUT2D eigenvalue weighted by Crippen LogP contribution is 2.26. The van der Waals surface area contributed by atoms with Crippen molar-refractivity contribution in [1.82, 2.24) is 19.9 Å². The van der Waals surface area contributed by atoms with E-state index in [-0.39, 0.29) is 11.9 Å². The molecule has 2 aromatic rings. The van der Waals surface area contributed by atoms with Crippen molar-refractivity contribution in [3.63, 3.8) is 0 Å². The minimum Gasteiger partial charge on any atom is -0.444 e. The third kappa shape index (κ3) is 3.71. The quantitative estimate of drug-likeness (QED) is 0.819.